The molecule has 3 rings (SSSR count). The molecule has 2 heterocycles. The number of fused-ring (bicyclic) bond motifs is 1. The summed E-state index contributed by atoms with van der Waals surface area (Å²) >= 11 is 0. The van der Waals surface area contributed by atoms with Crippen LogP contribution in [0.15, 0.2) is 24.3 Å². The predicted octanol–water partition coefficient (Wildman–Crippen LogP) is 1.84. The largest absolute Gasteiger partial charge is 0.478 e. The number of aromatic nitrogens is 3. The van der Waals surface area contributed by atoms with Gasteiger partial charge in [-0.25, -0.2) is 4.79 Å². The first-order valence-corrected chi connectivity index (χ1v) is 8.02. The van der Waals surface area contributed by atoms with Gasteiger partial charge < -0.3 is 15.0 Å². The van der Waals surface area contributed by atoms with E-state index in [2.05, 4.69) is 33.9 Å². The molecule has 2 aromatic rings. The van der Waals surface area contributed by atoms with Crippen LogP contribution in [0, 0.1) is 0 Å². The Bertz CT molecular complexity index is 765. The van der Waals surface area contributed by atoms with E-state index in [9.17, 15) is 9.59 Å². The molecule has 0 fully saturated rings. The number of carboxylic acids is 1. The summed E-state index contributed by atoms with van der Waals surface area (Å²) in [6.07, 6.45) is 1.60. The third-order valence-electron chi connectivity index (χ3n) is 4.22. The Hall–Kier alpha value is -2.70. The molecule has 0 saturated carbocycles. The van der Waals surface area contributed by atoms with Crippen LogP contribution >= 0.6 is 0 Å². The van der Waals surface area contributed by atoms with Gasteiger partial charge in [0.1, 0.15) is 11.6 Å². The first-order chi connectivity index (χ1) is 11.5. The van der Waals surface area contributed by atoms with Crippen LogP contribution in [-0.2, 0) is 13.0 Å². The highest BCUT2D eigenvalue weighted by molar-refractivity contribution is 5.96. The van der Waals surface area contributed by atoms with Crippen LogP contribution in [0.1, 0.15) is 58.6 Å². The van der Waals surface area contributed by atoms with Crippen molar-refractivity contribution in [2.45, 2.75) is 45.2 Å². The number of carboxylic acid groups (broad SMARTS) is 1. The number of benzene rings is 1. The molecule has 7 nitrogen and oxygen atoms in total. The van der Waals surface area contributed by atoms with E-state index < -0.39 is 5.97 Å². The number of nitrogens with zero attached hydrogens (tertiary/aromatic N) is 3. The highest BCUT2D eigenvalue weighted by Gasteiger charge is 2.25. The molecule has 1 aromatic carbocycles. The molecule has 0 saturated heterocycles. The molecule has 126 valence electrons. The molecule has 1 amide bonds. The fraction of sp³-hybridized carbons (Fsp3) is 0.412. The van der Waals surface area contributed by atoms with Gasteiger partial charge >= 0.3 is 5.97 Å². The molecule has 24 heavy (non-hydrogen) atoms. The van der Waals surface area contributed by atoms with E-state index in [0.717, 1.165) is 24.5 Å². The van der Waals surface area contributed by atoms with Crippen LogP contribution in [-0.4, -0.2) is 37.8 Å². The van der Waals surface area contributed by atoms with Crippen LogP contribution in [0.2, 0.25) is 0 Å². The second-order valence-electron chi connectivity index (χ2n) is 6.33. The number of hydrogen-bond acceptors (Lipinski definition) is 4. The maximum absolute atomic E-state index is 12.4. The maximum atomic E-state index is 12.4. The molecular formula is C17H20N4O3. The van der Waals surface area contributed by atoms with E-state index in [0.29, 0.717) is 12.1 Å². The van der Waals surface area contributed by atoms with Crippen molar-refractivity contribution >= 4 is 11.9 Å². The van der Waals surface area contributed by atoms with Gasteiger partial charge in [-0.05, 0) is 30.7 Å². The number of nitrogens with one attached hydrogen (secondary N) is 1. The lowest BCUT2D eigenvalue weighted by Gasteiger charge is -2.26. The Kier molecular flexibility index (Phi) is 4.33. The van der Waals surface area contributed by atoms with Crippen LogP contribution in [0.3, 0.4) is 0 Å². The van der Waals surface area contributed by atoms with Crippen LogP contribution in [0.25, 0.3) is 0 Å². The van der Waals surface area contributed by atoms with E-state index in [1.54, 1.807) is 0 Å². The Labute approximate surface area is 139 Å². The van der Waals surface area contributed by atoms with Crippen molar-refractivity contribution in [3.8, 4) is 0 Å². The molecule has 0 radical (unpaired) electrons. The molecule has 2 N–H and O–H groups in total. The molecule has 7 heteroatoms. The van der Waals surface area contributed by atoms with Crippen molar-refractivity contribution in [2.75, 3.05) is 0 Å². The first-order valence-electron chi connectivity index (χ1n) is 8.02. The maximum Gasteiger partial charge on any atom is 0.335 e. The van der Waals surface area contributed by atoms with E-state index in [-0.39, 0.29) is 23.4 Å². The van der Waals surface area contributed by atoms with Gasteiger partial charge in [-0.15, -0.1) is 10.2 Å². The van der Waals surface area contributed by atoms with Crippen LogP contribution in [0.4, 0.5) is 0 Å². The minimum Gasteiger partial charge on any atom is -0.478 e. The standard InChI is InChI=1S/C17H20N4O3/c1-10(2)15-20-19-14-8-7-13(9-21(14)15)18-16(22)11-3-5-12(6-4-11)17(23)24/h3-6,10,13H,7-9H2,1-2H3,(H,18,22)(H,23,24). The monoisotopic (exact) mass is 328 g/mol. The van der Waals surface area contributed by atoms with E-state index in [4.69, 9.17) is 5.11 Å². The summed E-state index contributed by atoms with van der Waals surface area (Å²) in [6.45, 7) is 4.81. The first kappa shape index (κ1) is 16.2. The molecule has 0 aliphatic carbocycles. The van der Waals surface area contributed by atoms with Gasteiger partial charge in [-0.1, -0.05) is 13.8 Å². The summed E-state index contributed by atoms with van der Waals surface area (Å²) in [5.41, 5.74) is 0.624. The SMILES string of the molecule is CC(C)c1nnc2n1CC(NC(=O)c1ccc(C(=O)O)cc1)CC2. The molecule has 1 aromatic heterocycles. The lowest BCUT2D eigenvalue weighted by atomic mass is 10.0. The Morgan fingerprint density at radius 2 is 1.88 bits per heavy atom. The minimum atomic E-state index is -1.00. The quantitative estimate of drug-likeness (QED) is 0.892. The van der Waals surface area contributed by atoms with Crippen LogP contribution in [0.5, 0.6) is 0 Å². The molecule has 1 aliphatic heterocycles. The molecule has 1 unspecified atom stereocenters. The summed E-state index contributed by atoms with van der Waals surface area (Å²) in [4.78, 5) is 23.2. The van der Waals surface area contributed by atoms with Crippen molar-refractivity contribution in [1.82, 2.24) is 20.1 Å². The highest BCUT2D eigenvalue weighted by Crippen LogP contribution is 2.20. The number of aryl methyl sites for hydroxylation is 1. The Balaban J connectivity index is 1.69. The fourth-order valence-electron chi connectivity index (χ4n) is 2.93. The predicted molar refractivity (Wildman–Crippen MR) is 87.1 cm³/mol. The normalized spacial score (nSPS) is 16.7. The fourth-order valence-corrected chi connectivity index (χ4v) is 2.93. The zero-order valence-electron chi connectivity index (χ0n) is 13.7. The minimum absolute atomic E-state index is 0.0117. The zero-order valence-corrected chi connectivity index (χ0v) is 13.7. The number of carbonyl (C=O) groups is 2. The second-order valence-corrected chi connectivity index (χ2v) is 6.33. The van der Waals surface area contributed by atoms with Crippen molar-refractivity contribution < 1.29 is 14.7 Å². The topological polar surface area (TPSA) is 97.1 Å². The van der Waals surface area contributed by atoms with E-state index in [1.165, 1.54) is 24.3 Å². The zero-order chi connectivity index (χ0) is 17.3. The average Bonchev–Trinajstić information content (AvgIpc) is 2.98. The Morgan fingerprint density at radius 3 is 2.50 bits per heavy atom. The lowest BCUT2D eigenvalue weighted by Crippen LogP contribution is -2.41. The van der Waals surface area contributed by atoms with E-state index >= 15 is 0 Å². The van der Waals surface area contributed by atoms with Gasteiger partial charge in [0.2, 0.25) is 0 Å². The molecule has 1 atom stereocenters. The summed E-state index contributed by atoms with van der Waals surface area (Å²) in [7, 11) is 0. The van der Waals surface area contributed by atoms with Gasteiger partial charge in [-0.3, -0.25) is 4.79 Å². The third kappa shape index (κ3) is 3.15. The summed E-state index contributed by atoms with van der Waals surface area (Å²) < 4.78 is 2.09. The number of rotatable bonds is 4. The van der Waals surface area contributed by atoms with E-state index in [1.807, 2.05) is 0 Å². The molecule has 1 aliphatic rings. The smallest absolute Gasteiger partial charge is 0.335 e. The number of amides is 1. The van der Waals surface area contributed by atoms with Gasteiger partial charge in [0.15, 0.2) is 0 Å². The number of hydrogen-bond donors (Lipinski definition) is 2. The Morgan fingerprint density at radius 1 is 1.21 bits per heavy atom. The lowest BCUT2D eigenvalue weighted by molar-refractivity contribution is 0.0696. The van der Waals surface area contributed by atoms with Crippen LogP contribution < -0.4 is 5.32 Å². The third-order valence-corrected chi connectivity index (χ3v) is 4.22. The van der Waals surface area contributed by atoms with Gasteiger partial charge in [0.25, 0.3) is 5.91 Å². The number of aromatic carboxylic acids is 1. The van der Waals surface area contributed by atoms with Crippen molar-refractivity contribution in [1.29, 1.82) is 0 Å². The summed E-state index contributed by atoms with van der Waals surface area (Å²) in [5, 5.41) is 20.4. The van der Waals surface area contributed by atoms with Gasteiger partial charge in [0.05, 0.1) is 5.56 Å². The second kappa shape index (κ2) is 6.43. The van der Waals surface area contributed by atoms with Crippen molar-refractivity contribution in [2.24, 2.45) is 0 Å². The summed E-state index contributed by atoms with van der Waals surface area (Å²) in [6, 6.07) is 5.95. The molecule has 0 spiro atoms. The van der Waals surface area contributed by atoms with Crippen molar-refractivity contribution in [3.05, 3.63) is 47.0 Å². The highest BCUT2D eigenvalue weighted by atomic mass is 16.4. The number of carbonyl (C=O) groups excluding carboxylic acids is 1. The summed E-state index contributed by atoms with van der Waals surface area (Å²) in [5.74, 6) is 0.990. The molecular weight excluding hydrogens is 308 g/mol. The molecule has 0 bridgehead atoms. The van der Waals surface area contributed by atoms with Gasteiger partial charge in [-0.2, -0.15) is 0 Å². The van der Waals surface area contributed by atoms with Gasteiger partial charge in [0, 0.05) is 30.5 Å². The average molecular weight is 328 g/mol. The van der Waals surface area contributed by atoms with Crippen molar-refractivity contribution in [3.63, 3.8) is 0 Å².